The van der Waals surface area contributed by atoms with Crippen molar-refractivity contribution in [1.29, 1.82) is 0 Å². The molecule has 0 unspecified atom stereocenters. The minimum Gasteiger partial charge on any atom is -0.277 e. The predicted molar refractivity (Wildman–Crippen MR) is 64.8 cm³/mol. The molecule has 1 aromatic carbocycles. The Morgan fingerprint density at radius 2 is 2.00 bits per heavy atom. The third-order valence-electron chi connectivity index (χ3n) is 2.17. The average molecular weight is 318 g/mol. The lowest BCUT2D eigenvalue weighted by Crippen LogP contribution is -2.52. The van der Waals surface area contributed by atoms with Crippen molar-refractivity contribution in [1.82, 2.24) is 5.32 Å². The molecule has 0 saturated carbocycles. The molecule has 1 aromatic rings. The number of amides is 4. The lowest BCUT2D eigenvalue weighted by molar-refractivity contribution is -0.128. The molecular formula is C10H6BrClN2O3. The second-order valence-electron chi connectivity index (χ2n) is 3.36. The molecule has 1 aliphatic rings. The average Bonchev–Trinajstić information content (AvgIpc) is 2.21. The molecule has 5 nitrogen and oxygen atoms in total. The molecule has 17 heavy (non-hydrogen) atoms. The second-order valence-corrected chi connectivity index (χ2v) is 4.62. The minimum absolute atomic E-state index is 0.327. The van der Waals surface area contributed by atoms with E-state index in [1.165, 1.54) is 6.07 Å². The summed E-state index contributed by atoms with van der Waals surface area (Å²) in [5, 5.41) is 2.44. The van der Waals surface area contributed by atoms with Crippen LogP contribution in [0.4, 0.5) is 10.5 Å². The Balaban J connectivity index is 2.38. The normalized spacial score (nSPS) is 16.1. The lowest BCUT2D eigenvalue weighted by atomic mass is 10.2. The van der Waals surface area contributed by atoms with Crippen LogP contribution in [0.2, 0.25) is 5.02 Å². The van der Waals surface area contributed by atoms with Gasteiger partial charge in [0, 0.05) is 4.47 Å². The van der Waals surface area contributed by atoms with Gasteiger partial charge in [-0.05, 0) is 34.1 Å². The zero-order chi connectivity index (χ0) is 12.6. The van der Waals surface area contributed by atoms with Gasteiger partial charge >= 0.3 is 6.03 Å². The molecular weight excluding hydrogens is 311 g/mol. The number of urea groups is 1. The van der Waals surface area contributed by atoms with Gasteiger partial charge in [0.1, 0.15) is 6.42 Å². The van der Waals surface area contributed by atoms with E-state index >= 15 is 0 Å². The van der Waals surface area contributed by atoms with Crippen molar-refractivity contribution in [3.8, 4) is 0 Å². The van der Waals surface area contributed by atoms with Gasteiger partial charge in [-0.15, -0.1) is 0 Å². The molecule has 1 fully saturated rings. The fourth-order valence-electron chi connectivity index (χ4n) is 1.43. The number of barbiturate groups is 1. The van der Waals surface area contributed by atoms with Gasteiger partial charge in [0.2, 0.25) is 11.8 Å². The standard InChI is InChI=1S/C10H6BrClN2O3/c11-6-2-1-5(3-7(6)12)14-9(16)4-8(15)13-10(14)17/h1-3H,4H2,(H,13,15,17). The number of nitrogens with one attached hydrogen (secondary N) is 1. The zero-order valence-corrected chi connectivity index (χ0v) is 10.7. The topological polar surface area (TPSA) is 66.5 Å². The smallest absolute Gasteiger partial charge is 0.277 e. The molecule has 0 aromatic heterocycles. The van der Waals surface area contributed by atoms with E-state index in [1.807, 2.05) is 0 Å². The SMILES string of the molecule is O=C1CC(=O)N(c2ccc(Br)c(Cl)c2)C(=O)N1. The first-order valence-electron chi connectivity index (χ1n) is 4.61. The first-order chi connectivity index (χ1) is 7.99. The first-order valence-corrected chi connectivity index (χ1v) is 5.78. The summed E-state index contributed by atoms with van der Waals surface area (Å²) in [4.78, 5) is 35.0. The fraction of sp³-hybridized carbons (Fsp3) is 0.100. The summed E-state index contributed by atoms with van der Waals surface area (Å²) >= 11 is 9.08. The molecule has 7 heteroatoms. The van der Waals surface area contributed by atoms with Gasteiger partial charge in [0.25, 0.3) is 0 Å². The van der Waals surface area contributed by atoms with E-state index in [4.69, 9.17) is 11.6 Å². The van der Waals surface area contributed by atoms with E-state index in [0.29, 0.717) is 15.2 Å². The molecule has 0 radical (unpaired) electrons. The monoisotopic (exact) mass is 316 g/mol. The molecule has 88 valence electrons. The van der Waals surface area contributed by atoms with Crippen LogP contribution in [-0.2, 0) is 9.59 Å². The van der Waals surface area contributed by atoms with Crippen LogP contribution in [0.3, 0.4) is 0 Å². The molecule has 1 aliphatic heterocycles. The van der Waals surface area contributed by atoms with Gasteiger partial charge in [0.05, 0.1) is 10.7 Å². The Hall–Kier alpha value is -1.40. The number of carbonyl (C=O) groups is 3. The van der Waals surface area contributed by atoms with Crippen molar-refractivity contribution in [2.75, 3.05) is 4.90 Å². The van der Waals surface area contributed by atoms with Crippen molar-refractivity contribution in [3.63, 3.8) is 0 Å². The number of halogens is 2. The largest absolute Gasteiger partial charge is 0.335 e. The molecule has 2 rings (SSSR count). The second kappa shape index (κ2) is 4.46. The Morgan fingerprint density at radius 3 is 2.59 bits per heavy atom. The quantitative estimate of drug-likeness (QED) is 0.806. The maximum atomic E-state index is 11.6. The summed E-state index contributed by atoms with van der Waals surface area (Å²) in [6.07, 6.45) is -0.348. The van der Waals surface area contributed by atoms with E-state index in [2.05, 4.69) is 21.2 Å². The first kappa shape index (κ1) is 12.1. The van der Waals surface area contributed by atoms with Crippen molar-refractivity contribution < 1.29 is 14.4 Å². The Morgan fingerprint density at radius 1 is 1.29 bits per heavy atom. The molecule has 4 amide bonds. The van der Waals surface area contributed by atoms with Crippen LogP contribution in [-0.4, -0.2) is 17.8 Å². The van der Waals surface area contributed by atoms with E-state index in [1.54, 1.807) is 12.1 Å². The van der Waals surface area contributed by atoms with E-state index in [-0.39, 0.29) is 6.42 Å². The van der Waals surface area contributed by atoms with E-state index in [0.717, 1.165) is 4.90 Å². The van der Waals surface area contributed by atoms with Gasteiger partial charge in [-0.3, -0.25) is 14.9 Å². The number of benzene rings is 1. The van der Waals surface area contributed by atoms with E-state index < -0.39 is 17.8 Å². The third-order valence-corrected chi connectivity index (χ3v) is 3.40. The molecule has 1 heterocycles. The summed E-state index contributed by atoms with van der Waals surface area (Å²) in [5.74, 6) is -1.17. The van der Waals surface area contributed by atoms with Gasteiger partial charge in [-0.2, -0.15) is 0 Å². The highest BCUT2D eigenvalue weighted by Crippen LogP contribution is 2.28. The highest BCUT2D eigenvalue weighted by Gasteiger charge is 2.32. The highest BCUT2D eigenvalue weighted by molar-refractivity contribution is 9.10. The molecule has 0 aliphatic carbocycles. The van der Waals surface area contributed by atoms with Crippen molar-refractivity contribution in [2.24, 2.45) is 0 Å². The summed E-state index contributed by atoms with van der Waals surface area (Å²) in [6, 6.07) is 3.89. The highest BCUT2D eigenvalue weighted by atomic mass is 79.9. The molecule has 1 N–H and O–H groups in total. The van der Waals surface area contributed by atoms with Gasteiger partial charge in [-0.1, -0.05) is 11.6 Å². The van der Waals surface area contributed by atoms with E-state index in [9.17, 15) is 14.4 Å². The molecule has 0 atom stereocenters. The summed E-state index contributed by atoms with van der Waals surface area (Å²) in [7, 11) is 0. The summed E-state index contributed by atoms with van der Waals surface area (Å²) in [6.45, 7) is 0. The number of hydrogen-bond acceptors (Lipinski definition) is 3. The summed E-state index contributed by atoms with van der Waals surface area (Å²) < 4.78 is 0.656. The Labute approximate surface area is 110 Å². The van der Waals surface area contributed by atoms with Crippen LogP contribution in [0.25, 0.3) is 0 Å². The van der Waals surface area contributed by atoms with Crippen LogP contribution in [0.1, 0.15) is 6.42 Å². The van der Waals surface area contributed by atoms with Crippen LogP contribution in [0.5, 0.6) is 0 Å². The van der Waals surface area contributed by atoms with Gasteiger partial charge < -0.3 is 0 Å². The fourth-order valence-corrected chi connectivity index (χ4v) is 1.86. The Bertz CT molecular complexity index is 512. The Kier molecular flexibility index (Phi) is 3.17. The number of anilines is 1. The number of imide groups is 2. The van der Waals surface area contributed by atoms with Crippen LogP contribution in [0.15, 0.2) is 22.7 Å². The van der Waals surface area contributed by atoms with Crippen molar-refractivity contribution in [2.45, 2.75) is 6.42 Å². The molecule has 0 spiro atoms. The maximum absolute atomic E-state index is 11.6. The molecule has 0 bridgehead atoms. The third kappa shape index (κ3) is 2.32. The number of rotatable bonds is 1. The lowest BCUT2D eigenvalue weighted by Gasteiger charge is -2.24. The van der Waals surface area contributed by atoms with Crippen LogP contribution >= 0.6 is 27.5 Å². The predicted octanol–water partition coefficient (Wildman–Crippen LogP) is 2.08. The van der Waals surface area contributed by atoms with Gasteiger partial charge in [-0.25, -0.2) is 9.69 Å². The minimum atomic E-state index is -0.760. The van der Waals surface area contributed by atoms with Crippen LogP contribution in [0, 0.1) is 0 Å². The number of carbonyl (C=O) groups excluding carboxylic acids is 3. The summed E-state index contributed by atoms with van der Waals surface area (Å²) in [5.41, 5.74) is 0.327. The van der Waals surface area contributed by atoms with Crippen molar-refractivity contribution in [3.05, 3.63) is 27.7 Å². The van der Waals surface area contributed by atoms with Gasteiger partial charge in [0.15, 0.2) is 0 Å². The number of hydrogen-bond donors (Lipinski definition) is 1. The zero-order valence-electron chi connectivity index (χ0n) is 8.37. The molecule has 1 saturated heterocycles. The van der Waals surface area contributed by atoms with Crippen molar-refractivity contribution >= 4 is 51.1 Å². The van der Waals surface area contributed by atoms with Crippen LogP contribution < -0.4 is 10.2 Å². The number of nitrogens with zero attached hydrogens (tertiary/aromatic N) is 1. The maximum Gasteiger partial charge on any atom is 0.335 e.